The average Bonchev–Trinajstić information content (AvgIpc) is 2.26. The fourth-order valence-corrected chi connectivity index (χ4v) is 1.05. The summed E-state index contributed by atoms with van der Waals surface area (Å²) in [6.07, 6.45) is 1.59. The summed E-state index contributed by atoms with van der Waals surface area (Å²) in [5.41, 5.74) is 5.94. The smallest absolute Gasteiger partial charge is 0.251 e. The highest BCUT2D eigenvalue weighted by atomic mass is 16.2. The Hall–Kier alpha value is -2.10. The van der Waals surface area contributed by atoms with Gasteiger partial charge in [-0.3, -0.25) is 9.59 Å². The minimum Gasteiger partial charge on any atom is -0.366 e. The van der Waals surface area contributed by atoms with E-state index in [0.717, 1.165) is 0 Å². The van der Waals surface area contributed by atoms with Crippen molar-refractivity contribution in [3.05, 3.63) is 48.0 Å². The van der Waals surface area contributed by atoms with Crippen molar-refractivity contribution < 1.29 is 9.59 Å². The fourth-order valence-electron chi connectivity index (χ4n) is 1.05. The summed E-state index contributed by atoms with van der Waals surface area (Å²) in [6, 6.07) is 6.15. The van der Waals surface area contributed by atoms with Gasteiger partial charge >= 0.3 is 0 Å². The number of hydrogen-bond donors (Lipinski definition) is 2. The summed E-state index contributed by atoms with van der Waals surface area (Å²) in [4.78, 5) is 22.2. The van der Waals surface area contributed by atoms with Crippen LogP contribution >= 0.6 is 0 Å². The Morgan fingerprint density at radius 3 is 2.27 bits per heavy atom. The lowest BCUT2D eigenvalue weighted by Crippen LogP contribution is -2.23. The molecular formula is C11H12N2O2. The SMILES string of the molecule is C=CCNC(=O)c1ccc(C(N)=O)cc1. The number of carbonyl (C=O) groups excluding carboxylic acids is 2. The molecule has 0 unspecified atom stereocenters. The van der Waals surface area contributed by atoms with Gasteiger partial charge in [-0.1, -0.05) is 6.08 Å². The molecule has 4 nitrogen and oxygen atoms in total. The molecular weight excluding hydrogens is 192 g/mol. The Morgan fingerprint density at radius 2 is 1.80 bits per heavy atom. The third kappa shape index (κ3) is 2.95. The van der Waals surface area contributed by atoms with Crippen molar-refractivity contribution in [3.8, 4) is 0 Å². The normalized spacial score (nSPS) is 9.33. The van der Waals surface area contributed by atoms with E-state index in [2.05, 4.69) is 11.9 Å². The molecule has 1 aromatic rings. The number of amides is 2. The monoisotopic (exact) mass is 204 g/mol. The van der Waals surface area contributed by atoms with Crippen molar-refractivity contribution in [1.82, 2.24) is 5.32 Å². The fraction of sp³-hybridized carbons (Fsp3) is 0.0909. The molecule has 0 saturated carbocycles. The van der Waals surface area contributed by atoms with Gasteiger partial charge in [0, 0.05) is 17.7 Å². The number of hydrogen-bond acceptors (Lipinski definition) is 2. The van der Waals surface area contributed by atoms with Gasteiger partial charge in [0.25, 0.3) is 5.91 Å². The molecule has 0 aliphatic rings. The third-order valence-electron chi connectivity index (χ3n) is 1.84. The molecule has 78 valence electrons. The first-order chi connectivity index (χ1) is 7.15. The zero-order chi connectivity index (χ0) is 11.3. The van der Waals surface area contributed by atoms with Crippen LogP contribution in [0.2, 0.25) is 0 Å². The highest BCUT2D eigenvalue weighted by molar-refractivity contribution is 5.97. The summed E-state index contributed by atoms with van der Waals surface area (Å²) >= 11 is 0. The van der Waals surface area contributed by atoms with Crippen molar-refractivity contribution in [2.24, 2.45) is 5.73 Å². The summed E-state index contributed by atoms with van der Waals surface area (Å²) < 4.78 is 0. The number of nitrogens with two attached hydrogens (primary N) is 1. The van der Waals surface area contributed by atoms with Crippen LogP contribution in [0.5, 0.6) is 0 Å². The molecule has 0 radical (unpaired) electrons. The van der Waals surface area contributed by atoms with E-state index in [9.17, 15) is 9.59 Å². The second kappa shape index (κ2) is 4.95. The molecule has 15 heavy (non-hydrogen) atoms. The van der Waals surface area contributed by atoms with Gasteiger partial charge in [-0.15, -0.1) is 6.58 Å². The zero-order valence-corrected chi connectivity index (χ0v) is 8.19. The molecule has 0 aliphatic heterocycles. The molecule has 2 amide bonds. The molecule has 0 atom stereocenters. The van der Waals surface area contributed by atoms with Gasteiger partial charge in [0.2, 0.25) is 5.91 Å². The second-order valence-electron chi connectivity index (χ2n) is 2.94. The van der Waals surface area contributed by atoms with E-state index in [1.807, 2.05) is 0 Å². The topological polar surface area (TPSA) is 72.2 Å². The van der Waals surface area contributed by atoms with E-state index in [0.29, 0.717) is 17.7 Å². The van der Waals surface area contributed by atoms with Crippen molar-refractivity contribution in [2.45, 2.75) is 0 Å². The Bertz CT molecular complexity index is 382. The first-order valence-electron chi connectivity index (χ1n) is 4.44. The lowest BCUT2D eigenvalue weighted by atomic mass is 10.1. The van der Waals surface area contributed by atoms with E-state index in [-0.39, 0.29) is 5.91 Å². The highest BCUT2D eigenvalue weighted by Gasteiger charge is 2.05. The second-order valence-corrected chi connectivity index (χ2v) is 2.94. The van der Waals surface area contributed by atoms with Crippen LogP contribution in [0.4, 0.5) is 0 Å². The Labute approximate surface area is 87.8 Å². The average molecular weight is 204 g/mol. The summed E-state index contributed by atoms with van der Waals surface area (Å²) in [7, 11) is 0. The predicted octanol–water partition coefficient (Wildman–Crippen LogP) is 0.701. The lowest BCUT2D eigenvalue weighted by Gasteiger charge is -2.02. The van der Waals surface area contributed by atoms with E-state index >= 15 is 0 Å². The molecule has 0 spiro atoms. The van der Waals surface area contributed by atoms with Crippen molar-refractivity contribution >= 4 is 11.8 Å². The van der Waals surface area contributed by atoms with Gasteiger partial charge < -0.3 is 11.1 Å². The molecule has 1 aromatic carbocycles. The van der Waals surface area contributed by atoms with Crippen LogP contribution in [0.1, 0.15) is 20.7 Å². The predicted molar refractivity (Wildman–Crippen MR) is 57.5 cm³/mol. The van der Waals surface area contributed by atoms with Gasteiger partial charge in [-0.05, 0) is 24.3 Å². The lowest BCUT2D eigenvalue weighted by molar-refractivity contribution is 0.0955. The number of primary amides is 1. The minimum absolute atomic E-state index is 0.203. The first-order valence-corrected chi connectivity index (χ1v) is 4.44. The van der Waals surface area contributed by atoms with E-state index in [4.69, 9.17) is 5.73 Å². The molecule has 4 heteroatoms. The maximum atomic E-state index is 11.4. The molecule has 0 bridgehead atoms. The molecule has 3 N–H and O–H groups in total. The van der Waals surface area contributed by atoms with Crippen molar-refractivity contribution in [2.75, 3.05) is 6.54 Å². The van der Waals surface area contributed by atoms with Crippen molar-refractivity contribution in [1.29, 1.82) is 0 Å². The highest BCUT2D eigenvalue weighted by Crippen LogP contribution is 2.03. The molecule has 1 rings (SSSR count). The molecule has 0 aromatic heterocycles. The molecule has 0 saturated heterocycles. The Kier molecular flexibility index (Phi) is 3.62. The number of nitrogens with one attached hydrogen (secondary N) is 1. The quantitative estimate of drug-likeness (QED) is 0.708. The molecule has 0 heterocycles. The summed E-state index contributed by atoms with van der Waals surface area (Å²) in [5.74, 6) is -0.709. The standard InChI is InChI=1S/C11H12N2O2/c1-2-7-13-11(15)9-5-3-8(4-6-9)10(12)14/h2-6H,1,7H2,(H2,12,14)(H,13,15). The van der Waals surface area contributed by atoms with Crippen LogP contribution in [0.25, 0.3) is 0 Å². The van der Waals surface area contributed by atoms with Crippen molar-refractivity contribution in [3.63, 3.8) is 0 Å². The van der Waals surface area contributed by atoms with Gasteiger partial charge in [-0.2, -0.15) is 0 Å². The number of carbonyl (C=O) groups is 2. The van der Waals surface area contributed by atoms with Gasteiger partial charge in [0.1, 0.15) is 0 Å². The van der Waals surface area contributed by atoms with E-state index < -0.39 is 5.91 Å². The maximum absolute atomic E-state index is 11.4. The Balaban J connectivity index is 2.75. The van der Waals surface area contributed by atoms with Gasteiger partial charge in [-0.25, -0.2) is 0 Å². The summed E-state index contributed by atoms with van der Waals surface area (Å²) in [5, 5.41) is 2.62. The van der Waals surface area contributed by atoms with E-state index in [1.54, 1.807) is 18.2 Å². The Morgan fingerprint density at radius 1 is 1.27 bits per heavy atom. The first kappa shape index (κ1) is 11.0. The van der Waals surface area contributed by atoms with Crippen LogP contribution < -0.4 is 11.1 Å². The van der Waals surface area contributed by atoms with Crippen LogP contribution in [-0.2, 0) is 0 Å². The van der Waals surface area contributed by atoms with Crippen LogP contribution in [-0.4, -0.2) is 18.4 Å². The van der Waals surface area contributed by atoms with Crippen LogP contribution in [0, 0.1) is 0 Å². The van der Waals surface area contributed by atoms with Gasteiger partial charge in [0.05, 0.1) is 0 Å². The summed E-state index contributed by atoms with van der Waals surface area (Å²) in [6.45, 7) is 3.90. The van der Waals surface area contributed by atoms with Crippen LogP contribution in [0.3, 0.4) is 0 Å². The molecule has 0 fully saturated rings. The van der Waals surface area contributed by atoms with Crippen LogP contribution in [0.15, 0.2) is 36.9 Å². The van der Waals surface area contributed by atoms with E-state index in [1.165, 1.54) is 12.1 Å². The minimum atomic E-state index is -0.506. The maximum Gasteiger partial charge on any atom is 0.251 e. The number of benzene rings is 1. The molecule has 0 aliphatic carbocycles. The van der Waals surface area contributed by atoms with Gasteiger partial charge in [0.15, 0.2) is 0 Å². The third-order valence-corrected chi connectivity index (χ3v) is 1.84. The number of rotatable bonds is 4. The largest absolute Gasteiger partial charge is 0.366 e. The zero-order valence-electron chi connectivity index (χ0n) is 8.19.